The molecule has 0 aliphatic rings. The number of hydrogen-bond acceptors (Lipinski definition) is 5. The quantitative estimate of drug-likeness (QED) is 0.113. The van der Waals surface area contributed by atoms with E-state index in [0.717, 1.165) is 55.5 Å². The molecule has 1 radical (unpaired) electrons. The molecular formula is C33H28IrNO4-. The summed E-state index contributed by atoms with van der Waals surface area (Å²) in [5, 5.41) is 11.5. The Kier molecular flexibility index (Phi) is 8.49. The molecule has 3 aromatic heterocycles. The van der Waals surface area contributed by atoms with Gasteiger partial charge in [0.15, 0.2) is 11.4 Å². The van der Waals surface area contributed by atoms with Gasteiger partial charge in [-0.3, -0.25) is 4.79 Å². The van der Waals surface area contributed by atoms with Crippen LogP contribution in [-0.2, 0) is 24.9 Å². The maximum atomic E-state index is 10.0. The molecule has 5 nitrogen and oxygen atoms in total. The first-order chi connectivity index (χ1) is 18.3. The van der Waals surface area contributed by atoms with Gasteiger partial charge in [-0.1, -0.05) is 73.3 Å². The Morgan fingerprint density at radius 1 is 0.949 bits per heavy atom. The maximum Gasteiger partial charge on any atom is 0.155 e. The van der Waals surface area contributed by atoms with Gasteiger partial charge < -0.3 is 18.9 Å². The molecule has 3 heterocycles. The van der Waals surface area contributed by atoms with Crippen molar-refractivity contribution in [3.8, 4) is 22.6 Å². The van der Waals surface area contributed by atoms with E-state index in [4.69, 9.17) is 13.9 Å². The van der Waals surface area contributed by atoms with Crippen LogP contribution in [0.25, 0.3) is 55.5 Å². The van der Waals surface area contributed by atoms with E-state index >= 15 is 0 Å². The van der Waals surface area contributed by atoms with Crippen molar-refractivity contribution in [2.75, 3.05) is 0 Å². The van der Waals surface area contributed by atoms with Crippen molar-refractivity contribution >= 4 is 38.7 Å². The van der Waals surface area contributed by atoms with Crippen molar-refractivity contribution in [2.24, 2.45) is 0 Å². The van der Waals surface area contributed by atoms with Gasteiger partial charge >= 0.3 is 0 Å². The minimum atomic E-state index is -0.125. The molecule has 199 valence electrons. The molecule has 0 unspecified atom stereocenters. The van der Waals surface area contributed by atoms with E-state index in [2.05, 4.69) is 61.3 Å². The number of rotatable bonds is 4. The van der Waals surface area contributed by atoms with E-state index in [-0.39, 0.29) is 31.6 Å². The van der Waals surface area contributed by atoms with Crippen molar-refractivity contribution in [1.29, 1.82) is 0 Å². The summed E-state index contributed by atoms with van der Waals surface area (Å²) in [4.78, 5) is 14.7. The van der Waals surface area contributed by atoms with Gasteiger partial charge in [0.1, 0.15) is 11.3 Å². The van der Waals surface area contributed by atoms with Gasteiger partial charge in [-0.05, 0) is 43.2 Å². The SMILES string of the molecule is CC(=O)/C=C(/C)O.CC(C)c1ccc(-c2cc3cc(-c4[c-]ccc5c4oc4ccccc45)ncc3o2)cc1.[Ir]. The van der Waals surface area contributed by atoms with Crippen molar-refractivity contribution in [3.63, 3.8) is 0 Å². The second-order valence-electron chi connectivity index (χ2n) is 9.58. The number of hydrogen-bond donors (Lipinski definition) is 1. The van der Waals surface area contributed by atoms with Crippen LogP contribution in [0.3, 0.4) is 0 Å². The number of fused-ring (bicyclic) bond motifs is 4. The number of ketones is 1. The number of aliphatic hydroxyl groups excluding tert-OH is 1. The van der Waals surface area contributed by atoms with Gasteiger partial charge in [-0.25, -0.2) is 0 Å². The summed E-state index contributed by atoms with van der Waals surface area (Å²) in [6, 6.07) is 28.0. The number of pyridine rings is 1. The van der Waals surface area contributed by atoms with E-state index in [1.165, 1.54) is 25.5 Å². The third-order valence-electron chi connectivity index (χ3n) is 6.27. The molecule has 0 aliphatic carbocycles. The number of aromatic nitrogens is 1. The Bertz CT molecular complexity index is 1790. The number of carbonyl (C=O) groups is 1. The van der Waals surface area contributed by atoms with Crippen LogP contribution in [0.15, 0.2) is 99.7 Å². The minimum absolute atomic E-state index is 0. The molecule has 0 spiro atoms. The first-order valence-electron chi connectivity index (χ1n) is 12.5. The molecule has 6 heteroatoms. The van der Waals surface area contributed by atoms with E-state index in [1.807, 2.05) is 36.4 Å². The predicted molar refractivity (Wildman–Crippen MR) is 152 cm³/mol. The number of allylic oxidation sites excluding steroid dienone is 2. The van der Waals surface area contributed by atoms with Crippen molar-refractivity contribution in [2.45, 2.75) is 33.6 Å². The second kappa shape index (κ2) is 11.8. The summed E-state index contributed by atoms with van der Waals surface area (Å²) in [6.07, 6.45) is 2.95. The molecular weight excluding hydrogens is 667 g/mol. The smallest absolute Gasteiger partial charge is 0.155 e. The van der Waals surface area contributed by atoms with E-state index < -0.39 is 0 Å². The van der Waals surface area contributed by atoms with E-state index in [9.17, 15) is 4.79 Å². The van der Waals surface area contributed by atoms with Gasteiger partial charge in [0.2, 0.25) is 0 Å². The van der Waals surface area contributed by atoms with Crippen LogP contribution in [-0.4, -0.2) is 15.9 Å². The molecule has 39 heavy (non-hydrogen) atoms. The van der Waals surface area contributed by atoms with Crippen molar-refractivity contribution in [3.05, 3.63) is 102 Å². The summed E-state index contributed by atoms with van der Waals surface area (Å²) < 4.78 is 12.2. The molecule has 0 saturated carbocycles. The second-order valence-corrected chi connectivity index (χ2v) is 9.58. The molecule has 0 fully saturated rings. The Morgan fingerprint density at radius 3 is 2.36 bits per heavy atom. The Morgan fingerprint density at radius 2 is 1.69 bits per heavy atom. The monoisotopic (exact) mass is 695 g/mol. The van der Waals surface area contributed by atoms with Crippen molar-refractivity contribution in [1.82, 2.24) is 4.98 Å². The zero-order valence-electron chi connectivity index (χ0n) is 22.1. The number of nitrogens with zero attached hydrogens (tertiary/aromatic N) is 1. The van der Waals surface area contributed by atoms with Crippen LogP contribution in [0.5, 0.6) is 0 Å². The zero-order chi connectivity index (χ0) is 26.8. The fourth-order valence-electron chi connectivity index (χ4n) is 4.43. The first kappa shape index (κ1) is 28.0. The van der Waals surface area contributed by atoms with E-state index in [1.54, 1.807) is 6.20 Å². The predicted octanol–water partition coefficient (Wildman–Crippen LogP) is 9.02. The summed E-state index contributed by atoms with van der Waals surface area (Å²) in [7, 11) is 0. The largest absolute Gasteiger partial charge is 0.512 e. The third-order valence-corrected chi connectivity index (χ3v) is 6.27. The maximum absolute atomic E-state index is 10.0. The summed E-state index contributed by atoms with van der Waals surface area (Å²) in [6.45, 7) is 7.24. The van der Waals surface area contributed by atoms with Crippen LogP contribution in [0, 0.1) is 6.07 Å². The Labute approximate surface area is 240 Å². The van der Waals surface area contributed by atoms with Gasteiger partial charge in [-0.15, -0.1) is 18.2 Å². The Hall–Kier alpha value is -3.99. The average molecular weight is 695 g/mol. The van der Waals surface area contributed by atoms with Gasteiger partial charge in [-0.2, -0.15) is 0 Å². The number of furan rings is 2. The molecule has 1 N–H and O–H groups in total. The Balaban J connectivity index is 0.000000394. The summed E-state index contributed by atoms with van der Waals surface area (Å²) >= 11 is 0. The fraction of sp³-hybridized carbons (Fsp3) is 0.152. The standard InChI is InChI=1S/C28H20NO2.C5H8O2.Ir/c1-17(2)18-10-12-19(13-11-18)26-15-20-14-24(29-16-27(20)30-26)23-8-5-7-22-21-6-3-4-9-25(21)31-28(22)23;1-4(6)3-5(2)7;/h3-7,9-17H,1-2H3;3,6H,1-2H3;/q-1;;/b;4-3-;. The van der Waals surface area contributed by atoms with Gasteiger partial charge in [0.25, 0.3) is 0 Å². The van der Waals surface area contributed by atoms with Crippen LogP contribution in [0.4, 0.5) is 0 Å². The normalized spacial score (nSPS) is 11.5. The number of para-hydroxylation sites is 1. The van der Waals surface area contributed by atoms with Crippen LogP contribution >= 0.6 is 0 Å². The van der Waals surface area contributed by atoms with Gasteiger partial charge in [0, 0.05) is 42.5 Å². The minimum Gasteiger partial charge on any atom is -0.512 e. The number of aliphatic hydroxyl groups is 1. The molecule has 6 rings (SSSR count). The van der Waals surface area contributed by atoms with Crippen molar-refractivity contribution < 1.29 is 38.8 Å². The molecule has 0 amide bonds. The first-order valence-corrected chi connectivity index (χ1v) is 12.5. The topological polar surface area (TPSA) is 76.5 Å². The molecule has 3 aromatic carbocycles. The summed E-state index contributed by atoms with van der Waals surface area (Å²) in [5.74, 6) is 1.29. The van der Waals surface area contributed by atoms with E-state index in [0.29, 0.717) is 5.92 Å². The number of carbonyl (C=O) groups excluding carboxylic acids is 1. The fourth-order valence-corrected chi connectivity index (χ4v) is 4.43. The van der Waals surface area contributed by atoms with Gasteiger partial charge in [0.05, 0.1) is 17.5 Å². The zero-order valence-corrected chi connectivity index (χ0v) is 24.5. The molecule has 0 bridgehead atoms. The van der Waals surface area contributed by atoms with Crippen LogP contribution in [0.2, 0.25) is 0 Å². The number of benzene rings is 3. The summed E-state index contributed by atoms with van der Waals surface area (Å²) in [5.41, 5.74) is 6.51. The molecule has 6 aromatic rings. The molecule has 0 saturated heterocycles. The third kappa shape index (κ3) is 6.03. The molecule has 0 atom stereocenters. The molecule has 0 aliphatic heterocycles. The van der Waals surface area contributed by atoms with Crippen LogP contribution in [0.1, 0.15) is 39.2 Å². The average Bonchev–Trinajstić information content (AvgIpc) is 3.49. The van der Waals surface area contributed by atoms with Crippen LogP contribution < -0.4 is 0 Å².